The minimum Gasteiger partial charge on any atom is -0.397 e. The average Bonchev–Trinajstić information content (AvgIpc) is 2.83. The molecule has 2 rings (SSSR count). The molecule has 0 bridgehead atoms. The van der Waals surface area contributed by atoms with Crippen LogP contribution < -0.4 is 10.5 Å². The van der Waals surface area contributed by atoms with Crippen LogP contribution in [-0.2, 0) is 10.0 Å². The van der Waals surface area contributed by atoms with Crippen LogP contribution in [0.25, 0.3) is 0 Å². The first-order valence-corrected chi connectivity index (χ1v) is 7.61. The van der Waals surface area contributed by atoms with Gasteiger partial charge in [0, 0.05) is 0 Å². The second-order valence-corrected chi connectivity index (χ2v) is 6.92. The van der Waals surface area contributed by atoms with Gasteiger partial charge in [0.15, 0.2) is 0 Å². The summed E-state index contributed by atoms with van der Waals surface area (Å²) in [6, 6.07) is 9.87. The summed E-state index contributed by atoms with van der Waals surface area (Å²) in [6.45, 7) is 1.84. The molecule has 2 aromatic rings. The van der Waals surface area contributed by atoms with Gasteiger partial charge in [-0.05, 0) is 36.8 Å². The Morgan fingerprint density at radius 1 is 1.32 bits per heavy atom. The lowest BCUT2D eigenvalue weighted by molar-refractivity contribution is 0.603. The zero-order valence-corrected chi connectivity index (χ0v) is 11.7. The second-order valence-electron chi connectivity index (χ2n) is 3.93. The molecule has 1 aromatic carbocycles. The molecule has 1 heterocycles. The third-order valence-electron chi connectivity index (χ3n) is 2.41. The summed E-state index contributed by atoms with van der Waals surface area (Å²) in [5.41, 5.74) is 7.32. The molecular formula is C12H11N3O2S2. The number of rotatable bonds is 3. The molecule has 0 atom stereocenters. The van der Waals surface area contributed by atoms with Crippen LogP contribution in [0.2, 0.25) is 0 Å². The number of nitrogens with one attached hydrogen (secondary N) is 1. The number of nitrogens with two attached hydrogens (primary N) is 1. The molecule has 0 saturated heterocycles. The van der Waals surface area contributed by atoms with E-state index in [0.29, 0.717) is 16.3 Å². The quantitative estimate of drug-likeness (QED) is 0.849. The van der Waals surface area contributed by atoms with Gasteiger partial charge < -0.3 is 5.73 Å². The van der Waals surface area contributed by atoms with Crippen molar-refractivity contribution in [1.82, 2.24) is 0 Å². The van der Waals surface area contributed by atoms with E-state index in [9.17, 15) is 8.42 Å². The maximum Gasteiger partial charge on any atom is 0.271 e. The van der Waals surface area contributed by atoms with Gasteiger partial charge in [-0.1, -0.05) is 6.07 Å². The van der Waals surface area contributed by atoms with Crippen molar-refractivity contribution in [3.8, 4) is 6.07 Å². The van der Waals surface area contributed by atoms with Crippen LogP contribution in [0.15, 0.2) is 34.5 Å². The molecular weight excluding hydrogens is 282 g/mol. The minimum absolute atomic E-state index is 0.0879. The summed E-state index contributed by atoms with van der Waals surface area (Å²) >= 11 is 0.917. The molecule has 1 aromatic heterocycles. The Morgan fingerprint density at radius 2 is 2.05 bits per heavy atom. The Morgan fingerprint density at radius 3 is 2.68 bits per heavy atom. The van der Waals surface area contributed by atoms with E-state index in [0.717, 1.165) is 16.9 Å². The fourth-order valence-electron chi connectivity index (χ4n) is 1.48. The molecule has 0 unspecified atom stereocenters. The molecule has 0 radical (unpaired) electrons. The highest BCUT2D eigenvalue weighted by molar-refractivity contribution is 7.94. The van der Waals surface area contributed by atoms with Gasteiger partial charge in [-0.25, -0.2) is 8.42 Å². The van der Waals surface area contributed by atoms with Crippen molar-refractivity contribution in [2.75, 3.05) is 10.5 Å². The molecule has 19 heavy (non-hydrogen) atoms. The number of nitrogens with zero attached hydrogens (tertiary/aromatic N) is 1. The molecule has 0 fully saturated rings. The highest BCUT2D eigenvalue weighted by atomic mass is 32.2. The summed E-state index contributed by atoms with van der Waals surface area (Å²) < 4.78 is 26.8. The van der Waals surface area contributed by atoms with Crippen LogP contribution in [0, 0.1) is 18.3 Å². The van der Waals surface area contributed by atoms with Gasteiger partial charge in [0.2, 0.25) is 0 Å². The molecule has 0 saturated carbocycles. The van der Waals surface area contributed by atoms with Gasteiger partial charge in [-0.2, -0.15) is 5.26 Å². The summed E-state index contributed by atoms with van der Waals surface area (Å²) in [5, 5.41) is 8.71. The van der Waals surface area contributed by atoms with E-state index in [1.807, 2.05) is 13.0 Å². The van der Waals surface area contributed by atoms with Gasteiger partial charge >= 0.3 is 0 Å². The van der Waals surface area contributed by atoms with Gasteiger partial charge in [-0.15, -0.1) is 11.3 Å². The average molecular weight is 293 g/mol. The van der Waals surface area contributed by atoms with E-state index < -0.39 is 10.0 Å². The monoisotopic (exact) mass is 293 g/mol. The molecule has 7 heteroatoms. The Hall–Kier alpha value is -2.04. The second kappa shape index (κ2) is 4.91. The molecule has 0 aliphatic heterocycles. The molecule has 0 spiro atoms. The predicted molar refractivity (Wildman–Crippen MR) is 75.4 cm³/mol. The number of aryl methyl sites for hydroxylation is 1. The first-order chi connectivity index (χ1) is 8.92. The SMILES string of the molecule is Cc1ccc(N)c(NS(=O)(=O)c2ccc(C#N)s2)c1. The van der Waals surface area contributed by atoms with Crippen molar-refractivity contribution < 1.29 is 8.42 Å². The van der Waals surface area contributed by atoms with Crippen molar-refractivity contribution in [3.63, 3.8) is 0 Å². The highest BCUT2D eigenvalue weighted by Crippen LogP contribution is 2.26. The van der Waals surface area contributed by atoms with Crippen LogP contribution in [0.1, 0.15) is 10.4 Å². The van der Waals surface area contributed by atoms with E-state index in [-0.39, 0.29) is 4.21 Å². The van der Waals surface area contributed by atoms with Gasteiger partial charge in [0.1, 0.15) is 15.2 Å². The lowest BCUT2D eigenvalue weighted by Crippen LogP contribution is -2.12. The van der Waals surface area contributed by atoms with E-state index in [4.69, 9.17) is 11.0 Å². The fourth-order valence-corrected chi connectivity index (χ4v) is 3.66. The van der Waals surface area contributed by atoms with E-state index >= 15 is 0 Å². The normalized spacial score (nSPS) is 10.9. The number of thiophene rings is 1. The zero-order valence-electron chi connectivity index (χ0n) is 10.0. The Bertz CT molecular complexity index is 758. The lowest BCUT2D eigenvalue weighted by Gasteiger charge is -2.09. The van der Waals surface area contributed by atoms with Crippen LogP contribution >= 0.6 is 11.3 Å². The topological polar surface area (TPSA) is 96.0 Å². The van der Waals surface area contributed by atoms with Crippen molar-refractivity contribution in [1.29, 1.82) is 5.26 Å². The smallest absolute Gasteiger partial charge is 0.271 e. The van der Waals surface area contributed by atoms with Crippen LogP contribution in [0.3, 0.4) is 0 Å². The predicted octanol–water partition coefficient (Wildman–Crippen LogP) is 2.31. The first kappa shape index (κ1) is 13.4. The third-order valence-corrected chi connectivity index (χ3v) is 5.26. The summed E-state index contributed by atoms with van der Waals surface area (Å²) in [7, 11) is -3.70. The lowest BCUT2D eigenvalue weighted by atomic mass is 10.2. The maximum atomic E-state index is 12.1. The molecule has 3 N–H and O–H groups in total. The number of anilines is 2. The summed E-state index contributed by atoms with van der Waals surface area (Å²) in [6.07, 6.45) is 0. The number of hydrogen-bond acceptors (Lipinski definition) is 5. The van der Waals surface area contributed by atoms with E-state index in [1.165, 1.54) is 12.1 Å². The fraction of sp³-hybridized carbons (Fsp3) is 0.0833. The highest BCUT2D eigenvalue weighted by Gasteiger charge is 2.18. The Labute approximate surface area is 115 Å². The summed E-state index contributed by atoms with van der Waals surface area (Å²) in [5.74, 6) is 0. The third kappa shape index (κ3) is 2.86. The van der Waals surface area contributed by atoms with Crippen molar-refractivity contribution >= 4 is 32.7 Å². The molecule has 5 nitrogen and oxygen atoms in total. The largest absolute Gasteiger partial charge is 0.397 e. The minimum atomic E-state index is -3.70. The van der Waals surface area contributed by atoms with Crippen LogP contribution in [0.5, 0.6) is 0 Å². The zero-order chi connectivity index (χ0) is 14.0. The molecule has 0 aliphatic carbocycles. The maximum absolute atomic E-state index is 12.1. The Kier molecular flexibility index (Phi) is 3.46. The Balaban J connectivity index is 2.36. The number of benzene rings is 1. The van der Waals surface area contributed by atoms with Crippen LogP contribution in [0.4, 0.5) is 11.4 Å². The van der Waals surface area contributed by atoms with Crippen molar-refractivity contribution in [2.45, 2.75) is 11.1 Å². The molecule has 98 valence electrons. The number of sulfonamides is 1. The van der Waals surface area contributed by atoms with E-state index in [1.54, 1.807) is 18.2 Å². The number of nitriles is 1. The summed E-state index contributed by atoms with van der Waals surface area (Å²) in [4.78, 5) is 0.345. The first-order valence-electron chi connectivity index (χ1n) is 5.31. The van der Waals surface area contributed by atoms with Gasteiger partial charge in [0.05, 0.1) is 11.4 Å². The number of hydrogen-bond donors (Lipinski definition) is 2. The van der Waals surface area contributed by atoms with Gasteiger partial charge in [-0.3, -0.25) is 4.72 Å². The number of nitrogen functional groups attached to an aromatic ring is 1. The van der Waals surface area contributed by atoms with Crippen molar-refractivity contribution in [3.05, 3.63) is 40.8 Å². The molecule has 0 aliphatic rings. The van der Waals surface area contributed by atoms with E-state index in [2.05, 4.69) is 4.72 Å². The van der Waals surface area contributed by atoms with Crippen LogP contribution in [-0.4, -0.2) is 8.42 Å². The van der Waals surface area contributed by atoms with Crippen molar-refractivity contribution in [2.24, 2.45) is 0 Å². The van der Waals surface area contributed by atoms with Gasteiger partial charge in [0.25, 0.3) is 10.0 Å². The standard InChI is InChI=1S/C12H11N3O2S2/c1-8-2-4-10(14)11(6-8)15-19(16,17)12-5-3-9(7-13)18-12/h2-6,15H,14H2,1H3. The molecule has 0 amide bonds.